The Balaban J connectivity index is 2.21. The summed E-state index contributed by atoms with van der Waals surface area (Å²) in [7, 11) is 0. The van der Waals surface area contributed by atoms with Gasteiger partial charge in [0, 0.05) is 37.2 Å². The monoisotopic (exact) mass is 391 g/mol. The van der Waals surface area contributed by atoms with Crippen LogP contribution in [0.15, 0.2) is 51.5 Å². The summed E-state index contributed by atoms with van der Waals surface area (Å²) in [6.07, 6.45) is 1.79. The molecule has 1 aromatic heterocycles. The third kappa shape index (κ3) is 2.23. The van der Waals surface area contributed by atoms with E-state index in [9.17, 15) is 4.79 Å². The summed E-state index contributed by atoms with van der Waals surface area (Å²) in [4.78, 5) is 15.9. The number of aryl methyl sites for hydroxylation is 1. The molecule has 100 valence electrons. The molecule has 0 fully saturated rings. The van der Waals surface area contributed by atoms with E-state index in [1.807, 2.05) is 43.3 Å². The van der Waals surface area contributed by atoms with Crippen molar-refractivity contribution in [3.63, 3.8) is 0 Å². The second kappa shape index (κ2) is 5.19. The van der Waals surface area contributed by atoms with E-state index in [1.165, 1.54) is 0 Å². The van der Waals surface area contributed by atoms with Crippen molar-refractivity contribution in [1.29, 1.82) is 0 Å². The molecule has 0 spiro atoms. The lowest BCUT2D eigenvalue weighted by Crippen LogP contribution is -2.02. The van der Waals surface area contributed by atoms with E-state index >= 15 is 0 Å². The van der Waals surface area contributed by atoms with Crippen molar-refractivity contribution >= 4 is 48.5 Å². The molecule has 1 N–H and O–H groups in total. The van der Waals surface area contributed by atoms with Crippen LogP contribution in [0.25, 0.3) is 10.9 Å². The predicted molar refractivity (Wildman–Crippen MR) is 88.3 cm³/mol. The number of nitrogens with one attached hydrogen (secondary N) is 1. The number of H-pyrrole nitrogens is 1. The van der Waals surface area contributed by atoms with Gasteiger partial charge in [0.05, 0.1) is 0 Å². The summed E-state index contributed by atoms with van der Waals surface area (Å²) < 4.78 is 1.69. The number of benzene rings is 2. The van der Waals surface area contributed by atoms with Crippen molar-refractivity contribution in [3.05, 3.63) is 68.2 Å². The van der Waals surface area contributed by atoms with Crippen molar-refractivity contribution in [1.82, 2.24) is 4.98 Å². The van der Waals surface area contributed by atoms with Crippen LogP contribution in [0.4, 0.5) is 0 Å². The van der Waals surface area contributed by atoms with Gasteiger partial charge in [0.15, 0.2) is 5.78 Å². The van der Waals surface area contributed by atoms with Crippen LogP contribution in [0, 0.1) is 6.92 Å². The molecule has 3 rings (SSSR count). The van der Waals surface area contributed by atoms with Gasteiger partial charge in [-0.2, -0.15) is 0 Å². The summed E-state index contributed by atoms with van der Waals surface area (Å²) in [5.41, 5.74) is 3.44. The summed E-state index contributed by atoms with van der Waals surface area (Å²) in [5.74, 6) is 0.0127. The molecule has 0 amide bonds. The molecule has 0 radical (unpaired) electrons. The maximum atomic E-state index is 12.8. The second-order valence-electron chi connectivity index (χ2n) is 4.65. The number of hydrogen-bond acceptors (Lipinski definition) is 1. The van der Waals surface area contributed by atoms with E-state index in [1.54, 1.807) is 6.20 Å². The first-order valence-electron chi connectivity index (χ1n) is 6.14. The minimum atomic E-state index is 0.0127. The van der Waals surface area contributed by atoms with Crippen LogP contribution >= 0.6 is 31.9 Å². The quantitative estimate of drug-likeness (QED) is 0.595. The Morgan fingerprint density at radius 2 is 1.90 bits per heavy atom. The summed E-state index contributed by atoms with van der Waals surface area (Å²) >= 11 is 6.86. The molecule has 1 heterocycles. The summed E-state index contributed by atoms with van der Waals surface area (Å²) in [5, 5.41) is 0.990. The van der Waals surface area contributed by atoms with Gasteiger partial charge in [-0.25, -0.2) is 0 Å². The molecule has 2 aromatic carbocycles. The van der Waals surface area contributed by atoms with E-state index in [0.29, 0.717) is 11.1 Å². The first kappa shape index (κ1) is 13.6. The summed E-state index contributed by atoms with van der Waals surface area (Å²) in [6.45, 7) is 2.02. The molecular weight excluding hydrogens is 382 g/mol. The number of fused-ring (bicyclic) bond motifs is 1. The molecule has 0 aliphatic heterocycles. The molecule has 0 bridgehead atoms. The fourth-order valence-corrected chi connectivity index (χ4v) is 3.15. The van der Waals surface area contributed by atoms with Gasteiger partial charge in [-0.15, -0.1) is 0 Å². The Morgan fingerprint density at radius 3 is 2.70 bits per heavy atom. The third-order valence-corrected chi connectivity index (χ3v) is 4.52. The number of aromatic nitrogens is 1. The predicted octanol–water partition coefficient (Wildman–Crippen LogP) is 5.23. The van der Waals surface area contributed by atoms with Crippen molar-refractivity contribution in [3.8, 4) is 0 Å². The lowest BCUT2D eigenvalue weighted by atomic mass is 10.0. The van der Waals surface area contributed by atoms with Crippen LogP contribution in [-0.4, -0.2) is 10.8 Å². The zero-order valence-electron chi connectivity index (χ0n) is 10.7. The first-order valence-corrected chi connectivity index (χ1v) is 7.73. The molecule has 0 aliphatic carbocycles. The normalized spacial score (nSPS) is 10.9. The molecule has 4 heteroatoms. The van der Waals surface area contributed by atoms with Gasteiger partial charge in [0.1, 0.15) is 0 Å². The number of carbonyl (C=O) groups excluding carboxylic acids is 1. The van der Waals surface area contributed by atoms with Gasteiger partial charge in [-0.05, 0) is 36.8 Å². The van der Waals surface area contributed by atoms with E-state index < -0.39 is 0 Å². The van der Waals surface area contributed by atoms with Crippen molar-refractivity contribution in [2.75, 3.05) is 0 Å². The van der Waals surface area contributed by atoms with Gasteiger partial charge < -0.3 is 4.98 Å². The van der Waals surface area contributed by atoms with E-state index in [-0.39, 0.29) is 5.78 Å². The van der Waals surface area contributed by atoms with E-state index in [4.69, 9.17) is 0 Å². The number of halogens is 2. The van der Waals surface area contributed by atoms with Crippen LogP contribution in [0.5, 0.6) is 0 Å². The lowest BCUT2D eigenvalue weighted by Gasteiger charge is -2.05. The Hall–Kier alpha value is -1.39. The van der Waals surface area contributed by atoms with Gasteiger partial charge >= 0.3 is 0 Å². The van der Waals surface area contributed by atoms with Crippen molar-refractivity contribution in [2.24, 2.45) is 0 Å². The van der Waals surface area contributed by atoms with E-state index in [2.05, 4.69) is 36.8 Å². The smallest absolute Gasteiger partial charge is 0.196 e. The maximum absolute atomic E-state index is 12.8. The molecule has 3 aromatic rings. The average molecular weight is 393 g/mol. The molecule has 0 unspecified atom stereocenters. The number of hydrogen-bond donors (Lipinski definition) is 1. The minimum absolute atomic E-state index is 0.0127. The third-order valence-electron chi connectivity index (χ3n) is 3.33. The Bertz CT molecular complexity index is 820. The molecule has 0 saturated heterocycles. The zero-order valence-corrected chi connectivity index (χ0v) is 13.9. The SMILES string of the molecule is Cc1cccc2[nH]cc(C(=O)c3cc(Br)ccc3Br)c12. The van der Waals surface area contributed by atoms with Gasteiger partial charge in [0.2, 0.25) is 0 Å². The number of rotatable bonds is 2. The molecular formula is C16H11Br2NO. The van der Waals surface area contributed by atoms with E-state index in [0.717, 1.165) is 25.4 Å². The molecule has 20 heavy (non-hydrogen) atoms. The van der Waals surface area contributed by atoms with Gasteiger partial charge in [0.25, 0.3) is 0 Å². The molecule has 0 aliphatic rings. The molecule has 2 nitrogen and oxygen atoms in total. The van der Waals surface area contributed by atoms with Gasteiger partial charge in [-0.3, -0.25) is 4.79 Å². The number of aromatic amines is 1. The molecule has 0 atom stereocenters. The van der Waals surface area contributed by atoms with Gasteiger partial charge in [-0.1, -0.05) is 44.0 Å². The number of ketones is 1. The van der Waals surface area contributed by atoms with Crippen LogP contribution in [0.1, 0.15) is 21.5 Å². The standard InChI is InChI=1S/C16H11Br2NO/c1-9-3-2-4-14-15(9)12(8-19-14)16(20)11-7-10(17)5-6-13(11)18/h2-8,19H,1H3. The Morgan fingerprint density at radius 1 is 1.10 bits per heavy atom. The maximum Gasteiger partial charge on any atom is 0.196 e. The fraction of sp³-hybridized carbons (Fsp3) is 0.0625. The Kier molecular flexibility index (Phi) is 3.52. The minimum Gasteiger partial charge on any atom is -0.360 e. The summed E-state index contributed by atoms with van der Waals surface area (Å²) in [6, 6.07) is 11.6. The van der Waals surface area contributed by atoms with Crippen LogP contribution in [-0.2, 0) is 0 Å². The van der Waals surface area contributed by atoms with Crippen molar-refractivity contribution < 1.29 is 4.79 Å². The fourth-order valence-electron chi connectivity index (χ4n) is 2.36. The van der Waals surface area contributed by atoms with Crippen LogP contribution in [0.3, 0.4) is 0 Å². The largest absolute Gasteiger partial charge is 0.360 e. The highest BCUT2D eigenvalue weighted by atomic mass is 79.9. The topological polar surface area (TPSA) is 32.9 Å². The average Bonchev–Trinajstić information content (AvgIpc) is 2.86. The number of carbonyl (C=O) groups is 1. The van der Waals surface area contributed by atoms with Crippen molar-refractivity contribution in [2.45, 2.75) is 6.92 Å². The lowest BCUT2D eigenvalue weighted by molar-refractivity contribution is 0.103. The zero-order chi connectivity index (χ0) is 14.3. The second-order valence-corrected chi connectivity index (χ2v) is 6.42. The highest BCUT2D eigenvalue weighted by molar-refractivity contribution is 9.11. The first-order chi connectivity index (χ1) is 9.58. The molecule has 0 saturated carbocycles. The Labute approximate surface area is 133 Å². The highest BCUT2D eigenvalue weighted by Gasteiger charge is 2.18. The van der Waals surface area contributed by atoms with Crippen LogP contribution < -0.4 is 0 Å². The highest BCUT2D eigenvalue weighted by Crippen LogP contribution is 2.28. The van der Waals surface area contributed by atoms with Crippen LogP contribution in [0.2, 0.25) is 0 Å².